The van der Waals surface area contributed by atoms with Crippen LogP contribution in [0.4, 0.5) is 0 Å². The molecule has 0 aliphatic carbocycles. The molecule has 0 amide bonds. The molecule has 0 aliphatic heterocycles. The lowest BCUT2D eigenvalue weighted by molar-refractivity contribution is 0.397. The van der Waals surface area contributed by atoms with Crippen LogP contribution < -0.4 is 10.1 Å². The molecule has 102 valence electrons. The monoisotopic (exact) mass is 277 g/mol. The number of hydrogen-bond donors (Lipinski definition) is 1. The Balaban J connectivity index is 2.13. The Hall–Kier alpha value is -1.46. The molecular weight excluding hydrogens is 258 g/mol. The quantitative estimate of drug-likeness (QED) is 0.881. The van der Waals surface area contributed by atoms with E-state index in [0.29, 0.717) is 5.88 Å². The van der Waals surface area contributed by atoms with Crippen molar-refractivity contribution in [2.75, 3.05) is 14.2 Å². The molecule has 4 nitrogen and oxygen atoms in total. The van der Waals surface area contributed by atoms with Crippen LogP contribution in [0.5, 0.6) is 5.88 Å². The predicted octanol–water partition coefficient (Wildman–Crippen LogP) is 2.42. The summed E-state index contributed by atoms with van der Waals surface area (Å²) in [5, 5.41) is 4.34. The van der Waals surface area contributed by atoms with Gasteiger partial charge in [-0.2, -0.15) is 0 Å². The second-order valence-corrected chi connectivity index (χ2v) is 5.42. The minimum atomic E-state index is 0.646. The first-order valence-electron chi connectivity index (χ1n) is 6.37. The number of aromatic nitrogens is 2. The molecule has 0 atom stereocenters. The van der Waals surface area contributed by atoms with Crippen LogP contribution in [0.3, 0.4) is 0 Å². The number of nitrogens with zero attached hydrogens (tertiary/aromatic N) is 2. The zero-order valence-corrected chi connectivity index (χ0v) is 12.4. The van der Waals surface area contributed by atoms with Gasteiger partial charge in [0.15, 0.2) is 0 Å². The van der Waals surface area contributed by atoms with Gasteiger partial charge in [0, 0.05) is 30.1 Å². The Morgan fingerprint density at radius 3 is 2.79 bits per heavy atom. The number of thiazole rings is 1. The van der Waals surface area contributed by atoms with E-state index in [9.17, 15) is 0 Å². The summed E-state index contributed by atoms with van der Waals surface area (Å²) in [4.78, 5) is 10.3. The van der Waals surface area contributed by atoms with Gasteiger partial charge in [-0.15, -0.1) is 11.3 Å². The molecule has 0 radical (unpaired) electrons. The molecule has 0 bridgehead atoms. The van der Waals surface area contributed by atoms with Crippen LogP contribution >= 0.6 is 11.3 Å². The van der Waals surface area contributed by atoms with E-state index in [1.807, 2.05) is 25.4 Å². The predicted molar refractivity (Wildman–Crippen MR) is 77.9 cm³/mol. The van der Waals surface area contributed by atoms with Gasteiger partial charge in [0.25, 0.3) is 0 Å². The lowest BCUT2D eigenvalue weighted by atomic mass is 10.2. The van der Waals surface area contributed by atoms with Gasteiger partial charge < -0.3 is 10.1 Å². The Morgan fingerprint density at radius 1 is 1.37 bits per heavy atom. The van der Waals surface area contributed by atoms with E-state index >= 15 is 0 Å². The van der Waals surface area contributed by atoms with Gasteiger partial charge in [-0.25, -0.2) is 9.97 Å². The summed E-state index contributed by atoms with van der Waals surface area (Å²) < 4.78 is 5.06. The summed E-state index contributed by atoms with van der Waals surface area (Å²) in [6.07, 6.45) is 3.66. The largest absolute Gasteiger partial charge is 0.481 e. The molecule has 0 saturated carbocycles. The molecule has 2 aromatic rings. The molecule has 5 heteroatoms. The lowest BCUT2D eigenvalue weighted by Crippen LogP contribution is -2.05. The fraction of sp³-hybridized carbons (Fsp3) is 0.429. The van der Waals surface area contributed by atoms with Crippen LogP contribution in [0.15, 0.2) is 18.3 Å². The minimum Gasteiger partial charge on any atom is -0.481 e. The van der Waals surface area contributed by atoms with Gasteiger partial charge in [-0.05, 0) is 19.0 Å². The Morgan fingerprint density at radius 2 is 2.21 bits per heavy atom. The van der Waals surface area contributed by atoms with E-state index in [0.717, 1.165) is 30.0 Å². The van der Waals surface area contributed by atoms with Crippen LogP contribution in [0, 0.1) is 0 Å². The SMILES string of the molecule is CCc1nc(Cc2ccc(OC)nc2)sc1CNC. The maximum atomic E-state index is 5.06. The van der Waals surface area contributed by atoms with Crippen LogP contribution in [0.1, 0.15) is 28.1 Å². The third-order valence-electron chi connectivity index (χ3n) is 2.86. The van der Waals surface area contributed by atoms with Crippen molar-refractivity contribution in [3.8, 4) is 5.88 Å². The number of aryl methyl sites for hydroxylation is 1. The molecule has 2 heterocycles. The molecular formula is C14H19N3OS. The maximum absolute atomic E-state index is 5.06. The van der Waals surface area contributed by atoms with Gasteiger partial charge in [-0.3, -0.25) is 0 Å². The van der Waals surface area contributed by atoms with E-state index < -0.39 is 0 Å². The number of pyridine rings is 1. The van der Waals surface area contributed by atoms with Crippen LogP contribution in [0.25, 0.3) is 0 Å². The summed E-state index contributed by atoms with van der Waals surface area (Å²) >= 11 is 1.78. The zero-order valence-electron chi connectivity index (χ0n) is 11.6. The summed E-state index contributed by atoms with van der Waals surface area (Å²) in [5.41, 5.74) is 2.36. The van der Waals surface area contributed by atoms with E-state index in [1.54, 1.807) is 18.4 Å². The number of rotatable bonds is 6. The van der Waals surface area contributed by atoms with Crippen molar-refractivity contribution in [1.29, 1.82) is 0 Å². The third kappa shape index (κ3) is 3.52. The van der Waals surface area contributed by atoms with Crippen molar-refractivity contribution in [2.24, 2.45) is 0 Å². The highest BCUT2D eigenvalue weighted by molar-refractivity contribution is 7.11. The average molecular weight is 277 g/mol. The first-order valence-corrected chi connectivity index (χ1v) is 7.19. The standard InChI is InChI=1S/C14H19N3OS/c1-4-11-12(9-15-2)19-14(17-11)7-10-5-6-13(18-3)16-8-10/h5-6,8,15H,4,7,9H2,1-3H3. The Labute approximate surface area is 117 Å². The van der Waals surface area contributed by atoms with Crippen LogP contribution in [-0.4, -0.2) is 24.1 Å². The van der Waals surface area contributed by atoms with Crippen molar-refractivity contribution in [3.63, 3.8) is 0 Å². The Kier molecular flexibility index (Phi) is 4.87. The topological polar surface area (TPSA) is 47.0 Å². The molecule has 0 saturated heterocycles. The molecule has 1 N–H and O–H groups in total. The number of hydrogen-bond acceptors (Lipinski definition) is 5. The maximum Gasteiger partial charge on any atom is 0.212 e. The smallest absolute Gasteiger partial charge is 0.212 e. The summed E-state index contributed by atoms with van der Waals surface area (Å²) in [6.45, 7) is 3.04. The highest BCUT2D eigenvalue weighted by Crippen LogP contribution is 2.22. The molecule has 0 spiro atoms. The fourth-order valence-corrected chi connectivity index (χ4v) is 3.10. The second kappa shape index (κ2) is 6.63. The molecule has 2 rings (SSSR count). The zero-order chi connectivity index (χ0) is 13.7. The van der Waals surface area contributed by atoms with E-state index in [2.05, 4.69) is 17.2 Å². The molecule has 0 aliphatic rings. The van der Waals surface area contributed by atoms with Crippen LogP contribution in [0.2, 0.25) is 0 Å². The minimum absolute atomic E-state index is 0.646. The summed E-state index contributed by atoms with van der Waals surface area (Å²) in [5.74, 6) is 0.646. The second-order valence-electron chi connectivity index (χ2n) is 4.25. The lowest BCUT2D eigenvalue weighted by Gasteiger charge is -2.00. The highest BCUT2D eigenvalue weighted by atomic mass is 32.1. The van der Waals surface area contributed by atoms with E-state index in [1.165, 1.54) is 10.6 Å². The highest BCUT2D eigenvalue weighted by Gasteiger charge is 2.09. The van der Waals surface area contributed by atoms with E-state index in [-0.39, 0.29) is 0 Å². The van der Waals surface area contributed by atoms with Gasteiger partial charge >= 0.3 is 0 Å². The Bertz CT molecular complexity index is 522. The molecule has 0 aromatic carbocycles. The molecule has 19 heavy (non-hydrogen) atoms. The van der Waals surface area contributed by atoms with Crippen molar-refractivity contribution in [3.05, 3.63) is 39.5 Å². The average Bonchev–Trinajstić information content (AvgIpc) is 2.82. The van der Waals surface area contributed by atoms with E-state index in [4.69, 9.17) is 9.72 Å². The molecule has 2 aromatic heterocycles. The van der Waals surface area contributed by atoms with Gasteiger partial charge in [0.05, 0.1) is 17.8 Å². The summed E-state index contributed by atoms with van der Waals surface area (Å²) in [7, 11) is 3.59. The van der Waals surface area contributed by atoms with Crippen molar-refractivity contribution >= 4 is 11.3 Å². The number of nitrogens with one attached hydrogen (secondary N) is 1. The molecule has 0 unspecified atom stereocenters. The normalized spacial score (nSPS) is 10.7. The van der Waals surface area contributed by atoms with Crippen molar-refractivity contribution in [2.45, 2.75) is 26.3 Å². The first-order chi connectivity index (χ1) is 9.26. The first kappa shape index (κ1) is 14.0. The summed E-state index contributed by atoms with van der Waals surface area (Å²) in [6, 6.07) is 3.93. The number of methoxy groups -OCH3 is 1. The van der Waals surface area contributed by atoms with Gasteiger partial charge in [0.1, 0.15) is 0 Å². The van der Waals surface area contributed by atoms with Gasteiger partial charge in [0.2, 0.25) is 5.88 Å². The van der Waals surface area contributed by atoms with Crippen molar-refractivity contribution in [1.82, 2.24) is 15.3 Å². The van der Waals surface area contributed by atoms with Crippen LogP contribution in [-0.2, 0) is 19.4 Å². The fourth-order valence-electron chi connectivity index (χ4n) is 1.90. The number of ether oxygens (including phenoxy) is 1. The molecule has 0 fully saturated rings. The third-order valence-corrected chi connectivity index (χ3v) is 3.95. The van der Waals surface area contributed by atoms with Gasteiger partial charge in [-0.1, -0.05) is 13.0 Å². The van der Waals surface area contributed by atoms with Crippen molar-refractivity contribution < 1.29 is 4.74 Å².